The number of esters is 1. The van der Waals surface area contributed by atoms with Crippen molar-refractivity contribution < 1.29 is 14.3 Å². The maximum Gasteiger partial charge on any atom is 0.340 e. The lowest BCUT2D eigenvalue weighted by Crippen LogP contribution is -2.18. The summed E-state index contributed by atoms with van der Waals surface area (Å²) >= 11 is 5.95. The van der Waals surface area contributed by atoms with Gasteiger partial charge in [0.25, 0.3) is 5.91 Å². The molecule has 0 atom stereocenters. The number of benzene rings is 2. The number of hydrogen-bond donors (Lipinski definition) is 3. The number of nitrogens with zero attached hydrogens (tertiary/aromatic N) is 1. The summed E-state index contributed by atoms with van der Waals surface area (Å²) in [6, 6.07) is 13.1. The van der Waals surface area contributed by atoms with Gasteiger partial charge in [-0.2, -0.15) is 5.26 Å². The van der Waals surface area contributed by atoms with E-state index in [0.717, 1.165) is 12.8 Å². The van der Waals surface area contributed by atoms with Crippen molar-refractivity contribution in [1.29, 1.82) is 5.26 Å². The number of para-hydroxylation sites is 1. The molecule has 4 N–H and O–H groups in total. The Hall–Kier alpha value is -3.50. The molecule has 8 heteroatoms. The molecule has 0 aliphatic heterocycles. The minimum absolute atomic E-state index is 0.188. The highest BCUT2D eigenvalue weighted by Crippen LogP contribution is 2.23. The molecule has 0 aliphatic carbocycles. The van der Waals surface area contributed by atoms with E-state index in [2.05, 4.69) is 10.6 Å². The lowest BCUT2D eigenvalue weighted by atomic mass is 10.1. The van der Waals surface area contributed by atoms with Gasteiger partial charge in [-0.25, -0.2) is 4.79 Å². The quantitative estimate of drug-likeness (QED) is 0.195. The predicted molar refractivity (Wildman–Crippen MR) is 113 cm³/mol. The van der Waals surface area contributed by atoms with Crippen LogP contribution in [0.2, 0.25) is 5.02 Å². The molecular formula is C21H21ClN4O3. The third kappa shape index (κ3) is 6.26. The Kier molecular flexibility index (Phi) is 8.07. The number of anilines is 3. The summed E-state index contributed by atoms with van der Waals surface area (Å²) in [6.07, 6.45) is 2.90. The molecule has 150 valence electrons. The van der Waals surface area contributed by atoms with E-state index in [4.69, 9.17) is 22.1 Å². The van der Waals surface area contributed by atoms with Crippen molar-refractivity contribution in [1.82, 2.24) is 0 Å². The number of ether oxygens (including phenoxy) is 1. The molecule has 0 saturated heterocycles. The van der Waals surface area contributed by atoms with E-state index >= 15 is 0 Å². The van der Waals surface area contributed by atoms with Gasteiger partial charge < -0.3 is 21.1 Å². The molecule has 0 bridgehead atoms. The number of nitrogens with two attached hydrogens (primary N) is 1. The van der Waals surface area contributed by atoms with E-state index in [9.17, 15) is 14.9 Å². The molecule has 0 fully saturated rings. The molecular weight excluding hydrogens is 392 g/mol. The van der Waals surface area contributed by atoms with E-state index in [1.54, 1.807) is 42.5 Å². The Balaban J connectivity index is 2.12. The van der Waals surface area contributed by atoms with Crippen LogP contribution < -0.4 is 16.4 Å². The fourth-order valence-corrected chi connectivity index (χ4v) is 2.45. The summed E-state index contributed by atoms with van der Waals surface area (Å²) in [5, 5.41) is 15.1. The lowest BCUT2D eigenvalue weighted by Gasteiger charge is -2.11. The van der Waals surface area contributed by atoms with Crippen molar-refractivity contribution in [3.8, 4) is 6.07 Å². The van der Waals surface area contributed by atoms with Crippen LogP contribution in [-0.4, -0.2) is 18.5 Å². The van der Waals surface area contributed by atoms with Gasteiger partial charge in [-0.3, -0.25) is 4.79 Å². The van der Waals surface area contributed by atoms with Crippen LogP contribution in [0.15, 0.2) is 54.2 Å². The zero-order valence-corrected chi connectivity index (χ0v) is 16.6. The zero-order chi connectivity index (χ0) is 21.2. The Bertz CT molecular complexity index is 967. The van der Waals surface area contributed by atoms with Crippen molar-refractivity contribution >= 4 is 40.5 Å². The van der Waals surface area contributed by atoms with E-state index in [1.165, 1.54) is 6.20 Å². The summed E-state index contributed by atoms with van der Waals surface area (Å²) in [5.74, 6) is -1.21. The molecule has 0 unspecified atom stereocenters. The Labute approximate surface area is 174 Å². The first-order valence-corrected chi connectivity index (χ1v) is 9.33. The van der Waals surface area contributed by atoms with Gasteiger partial charge in [0, 0.05) is 11.9 Å². The van der Waals surface area contributed by atoms with Crippen LogP contribution in [0.25, 0.3) is 0 Å². The molecule has 2 rings (SSSR count). The molecule has 0 radical (unpaired) electrons. The lowest BCUT2D eigenvalue weighted by molar-refractivity contribution is -0.112. The third-order valence-corrected chi connectivity index (χ3v) is 4.20. The Morgan fingerprint density at radius 1 is 1.28 bits per heavy atom. The molecule has 29 heavy (non-hydrogen) atoms. The van der Waals surface area contributed by atoms with Gasteiger partial charge in [0.1, 0.15) is 11.6 Å². The van der Waals surface area contributed by atoms with Gasteiger partial charge in [-0.15, -0.1) is 0 Å². The monoisotopic (exact) mass is 412 g/mol. The molecule has 0 heterocycles. The van der Waals surface area contributed by atoms with Gasteiger partial charge >= 0.3 is 5.97 Å². The van der Waals surface area contributed by atoms with Gasteiger partial charge in [0.05, 0.1) is 28.6 Å². The number of amides is 1. The summed E-state index contributed by atoms with van der Waals surface area (Å²) in [4.78, 5) is 24.7. The number of halogens is 1. The summed E-state index contributed by atoms with van der Waals surface area (Å²) in [6.45, 7) is 2.29. The second-order valence-electron chi connectivity index (χ2n) is 6.04. The van der Waals surface area contributed by atoms with Crippen LogP contribution >= 0.6 is 11.6 Å². The van der Waals surface area contributed by atoms with E-state index in [1.807, 2.05) is 13.0 Å². The standard InChI is InChI=1S/C21H21ClN4O3/c1-2-3-10-29-21(28)16-6-4-5-7-19(16)26-20(27)14(12-23)13-25-15-8-9-18(24)17(22)11-15/h4-9,11,13,25H,2-3,10,24H2,1H3,(H,26,27)/b14-13-. The summed E-state index contributed by atoms with van der Waals surface area (Å²) in [7, 11) is 0. The van der Waals surface area contributed by atoms with E-state index in [-0.39, 0.29) is 16.8 Å². The van der Waals surface area contributed by atoms with Crippen LogP contribution in [0.1, 0.15) is 30.1 Å². The maximum atomic E-state index is 12.5. The van der Waals surface area contributed by atoms with Crippen LogP contribution in [0.3, 0.4) is 0 Å². The van der Waals surface area contributed by atoms with Crippen molar-refractivity contribution in [3.63, 3.8) is 0 Å². The van der Waals surface area contributed by atoms with Crippen molar-refractivity contribution in [2.45, 2.75) is 19.8 Å². The highest BCUT2D eigenvalue weighted by atomic mass is 35.5. The van der Waals surface area contributed by atoms with Crippen LogP contribution in [0.5, 0.6) is 0 Å². The second-order valence-corrected chi connectivity index (χ2v) is 6.45. The van der Waals surface area contributed by atoms with Gasteiger partial charge in [0.2, 0.25) is 0 Å². The molecule has 0 spiro atoms. The average Bonchev–Trinajstić information content (AvgIpc) is 2.71. The fraction of sp³-hybridized carbons (Fsp3) is 0.190. The second kappa shape index (κ2) is 10.7. The predicted octanol–water partition coefficient (Wildman–Crippen LogP) is 4.34. The highest BCUT2D eigenvalue weighted by Gasteiger charge is 2.16. The minimum Gasteiger partial charge on any atom is -0.462 e. The minimum atomic E-state index is -0.671. The van der Waals surface area contributed by atoms with Crippen molar-refractivity contribution in [2.75, 3.05) is 23.0 Å². The molecule has 0 aromatic heterocycles. The van der Waals surface area contributed by atoms with Crippen LogP contribution in [-0.2, 0) is 9.53 Å². The van der Waals surface area contributed by atoms with E-state index in [0.29, 0.717) is 23.0 Å². The third-order valence-electron chi connectivity index (χ3n) is 3.87. The molecule has 0 saturated carbocycles. The van der Waals surface area contributed by atoms with Gasteiger partial charge in [-0.1, -0.05) is 37.1 Å². The number of carbonyl (C=O) groups excluding carboxylic acids is 2. The Morgan fingerprint density at radius 3 is 2.72 bits per heavy atom. The van der Waals surface area contributed by atoms with E-state index < -0.39 is 11.9 Å². The first-order chi connectivity index (χ1) is 14.0. The fourth-order valence-electron chi connectivity index (χ4n) is 2.27. The first-order valence-electron chi connectivity index (χ1n) is 8.95. The summed E-state index contributed by atoms with van der Waals surface area (Å²) < 4.78 is 5.20. The largest absolute Gasteiger partial charge is 0.462 e. The zero-order valence-electron chi connectivity index (χ0n) is 15.9. The molecule has 2 aromatic carbocycles. The Morgan fingerprint density at radius 2 is 2.03 bits per heavy atom. The van der Waals surface area contributed by atoms with Crippen molar-refractivity contribution in [2.24, 2.45) is 0 Å². The number of rotatable bonds is 8. The summed E-state index contributed by atoms with van der Waals surface area (Å²) in [5.41, 5.74) is 6.92. The molecule has 1 amide bonds. The molecule has 0 aliphatic rings. The topological polar surface area (TPSA) is 117 Å². The smallest absolute Gasteiger partial charge is 0.340 e. The number of nitriles is 1. The molecule has 7 nitrogen and oxygen atoms in total. The normalized spacial score (nSPS) is 10.7. The number of nitrogen functional groups attached to an aromatic ring is 1. The number of hydrogen-bond acceptors (Lipinski definition) is 6. The van der Waals surface area contributed by atoms with Gasteiger partial charge in [-0.05, 0) is 36.8 Å². The SMILES string of the molecule is CCCCOC(=O)c1ccccc1NC(=O)/C(C#N)=C\Nc1ccc(N)c(Cl)c1. The highest BCUT2D eigenvalue weighted by molar-refractivity contribution is 6.33. The molecule has 2 aromatic rings. The van der Waals surface area contributed by atoms with Crippen molar-refractivity contribution in [3.05, 3.63) is 64.8 Å². The average molecular weight is 413 g/mol. The van der Waals surface area contributed by atoms with Gasteiger partial charge in [0.15, 0.2) is 0 Å². The number of carbonyl (C=O) groups is 2. The van der Waals surface area contributed by atoms with Crippen LogP contribution in [0, 0.1) is 11.3 Å². The number of unbranched alkanes of at least 4 members (excludes halogenated alkanes) is 1. The maximum absolute atomic E-state index is 12.5. The first kappa shape index (κ1) is 21.8. The number of nitrogens with one attached hydrogen (secondary N) is 2. The van der Waals surface area contributed by atoms with Crippen LogP contribution in [0.4, 0.5) is 17.1 Å².